The Morgan fingerprint density at radius 1 is 0.196 bits per heavy atom. The molecular weight excluding hydrogens is 677 g/mol. The number of hydrogen-bond donors (Lipinski definition) is 0. The van der Waals surface area contributed by atoms with Crippen molar-refractivity contribution in [2.45, 2.75) is 0 Å². The molecular formula is C54H36N2. The van der Waals surface area contributed by atoms with Crippen molar-refractivity contribution >= 4 is 43.6 Å². The van der Waals surface area contributed by atoms with Crippen LogP contribution >= 0.6 is 0 Å². The van der Waals surface area contributed by atoms with E-state index >= 15 is 0 Å². The summed E-state index contributed by atoms with van der Waals surface area (Å²) >= 11 is 0. The Morgan fingerprint density at radius 2 is 0.607 bits per heavy atom. The SMILES string of the molecule is c1ccc(-c2ccc(-n3c4ccccc4c4ccc(-c5ccc6c(c5)c5ccccc5n6-c5cc(-c6ccccc6)cc(-c6ccccc6)c5)cc43)cc2)cc1. The van der Waals surface area contributed by atoms with Gasteiger partial charge in [-0.25, -0.2) is 0 Å². The molecule has 0 saturated heterocycles. The van der Waals surface area contributed by atoms with Gasteiger partial charge in [-0.05, 0) is 105 Å². The molecule has 0 aliphatic rings. The van der Waals surface area contributed by atoms with Crippen molar-refractivity contribution in [3.05, 3.63) is 218 Å². The zero-order chi connectivity index (χ0) is 37.0. The number of hydrogen-bond acceptors (Lipinski definition) is 0. The smallest absolute Gasteiger partial charge is 0.0547 e. The van der Waals surface area contributed by atoms with E-state index < -0.39 is 0 Å². The first kappa shape index (κ1) is 32.0. The summed E-state index contributed by atoms with van der Waals surface area (Å²) in [5.74, 6) is 0. The lowest BCUT2D eigenvalue weighted by atomic mass is 9.98. The second kappa shape index (κ2) is 13.2. The van der Waals surface area contributed by atoms with E-state index in [-0.39, 0.29) is 0 Å². The molecule has 11 aromatic rings. The van der Waals surface area contributed by atoms with Gasteiger partial charge in [0, 0.05) is 32.9 Å². The monoisotopic (exact) mass is 712 g/mol. The summed E-state index contributed by atoms with van der Waals surface area (Å²) in [5.41, 5.74) is 16.7. The summed E-state index contributed by atoms with van der Waals surface area (Å²) < 4.78 is 4.85. The average molecular weight is 713 g/mol. The molecule has 0 aliphatic carbocycles. The second-order valence-corrected chi connectivity index (χ2v) is 14.6. The largest absolute Gasteiger partial charge is 0.309 e. The van der Waals surface area contributed by atoms with Crippen LogP contribution in [0.1, 0.15) is 0 Å². The van der Waals surface area contributed by atoms with Gasteiger partial charge in [-0.1, -0.05) is 158 Å². The van der Waals surface area contributed by atoms with Crippen LogP contribution in [0, 0.1) is 0 Å². The lowest BCUT2D eigenvalue weighted by Gasteiger charge is -2.14. The molecule has 0 spiro atoms. The highest BCUT2D eigenvalue weighted by Gasteiger charge is 2.17. The van der Waals surface area contributed by atoms with Crippen LogP contribution in [0.3, 0.4) is 0 Å². The quantitative estimate of drug-likeness (QED) is 0.162. The van der Waals surface area contributed by atoms with Crippen LogP contribution in [0.2, 0.25) is 0 Å². The number of fused-ring (bicyclic) bond motifs is 6. The number of benzene rings is 9. The zero-order valence-electron chi connectivity index (χ0n) is 30.7. The second-order valence-electron chi connectivity index (χ2n) is 14.6. The maximum absolute atomic E-state index is 2.44. The summed E-state index contributed by atoms with van der Waals surface area (Å²) in [4.78, 5) is 0. The Balaban J connectivity index is 1.08. The molecule has 0 aliphatic heterocycles. The Kier molecular flexibility index (Phi) is 7.53. The lowest BCUT2D eigenvalue weighted by molar-refractivity contribution is 1.18. The molecule has 56 heavy (non-hydrogen) atoms. The summed E-state index contributed by atoms with van der Waals surface area (Å²) in [6, 6.07) is 79.4. The molecule has 0 atom stereocenters. The summed E-state index contributed by atoms with van der Waals surface area (Å²) in [7, 11) is 0. The van der Waals surface area contributed by atoms with Gasteiger partial charge >= 0.3 is 0 Å². The standard InChI is InChI=1S/C54H36N2/c1-4-14-37(15-5-1)40-24-28-45(29-25-40)55-51-22-12-10-20-47(51)49-30-26-42(36-54(49)55)41-27-31-53-50(35-41)48-21-11-13-23-52(48)56(53)46-33-43(38-16-6-2-7-17-38)32-44(34-46)39-18-8-3-9-19-39/h1-36H. The fraction of sp³-hybridized carbons (Fsp3) is 0. The van der Waals surface area contributed by atoms with E-state index in [9.17, 15) is 0 Å². The minimum absolute atomic E-state index is 1.15. The predicted octanol–water partition coefficient (Wildman–Crippen LogP) is 14.5. The molecule has 2 heteroatoms. The van der Waals surface area contributed by atoms with Gasteiger partial charge in [0.1, 0.15) is 0 Å². The number of nitrogens with zero attached hydrogens (tertiary/aromatic N) is 2. The van der Waals surface area contributed by atoms with Crippen molar-refractivity contribution in [2.24, 2.45) is 0 Å². The van der Waals surface area contributed by atoms with Crippen LogP contribution in [0.4, 0.5) is 0 Å². The molecule has 11 rings (SSSR count). The van der Waals surface area contributed by atoms with Gasteiger partial charge in [0.25, 0.3) is 0 Å². The third-order valence-corrected chi connectivity index (χ3v) is 11.3. The Hall–Kier alpha value is -7.42. The van der Waals surface area contributed by atoms with Crippen molar-refractivity contribution < 1.29 is 0 Å². The maximum Gasteiger partial charge on any atom is 0.0547 e. The van der Waals surface area contributed by atoms with Crippen molar-refractivity contribution in [2.75, 3.05) is 0 Å². The van der Waals surface area contributed by atoms with Gasteiger partial charge in [-0.2, -0.15) is 0 Å². The molecule has 0 radical (unpaired) electrons. The molecule has 0 unspecified atom stereocenters. The van der Waals surface area contributed by atoms with Crippen LogP contribution in [0.15, 0.2) is 218 Å². The van der Waals surface area contributed by atoms with Crippen LogP contribution in [-0.4, -0.2) is 9.13 Å². The fourth-order valence-electron chi connectivity index (χ4n) is 8.63. The van der Waals surface area contributed by atoms with E-state index in [1.807, 2.05) is 0 Å². The highest BCUT2D eigenvalue weighted by molar-refractivity contribution is 6.12. The van der Waals surface area contributed by atoms with Crippen molar-refractivity contribution in [3.8, 4) is 55.9 Å². The van der Waals surface area contributed by atoms with Crippen molar-refractivity contribution in [1.29, 1.82) is 0 Å². The molecule has 0 saturated carbocycles. The van der Waals surface area contributed by atoms with Crippen LogP contribution in [0.5, 0.6) is 0 Å². The molecule has 2 nitrogen and oxygen atoms in total. The topological polar surface area (TPSA) is 9.86 Å². The highest BCUT2D eigenvalue weighted by atomic mass is 15.0. The lowest BCUT2D eigenvalue weighted by Crippen LogP contribution is -1.96. The van der Waals surface area contributed by atoms with E-state index in [0.29, 0.717) is 0 Å². The molecule has 262 valence electrons. The maximum atomic E-state index is 2.44. The van der Waals surface area contributed by atoms with Gasteiger partial charge in [0.2, 0.25) is 0 Å². The first-order valence-corrected chi connectivity index (χ1v) is 19.3. The van der Waals surface area contributed by atoms with E-state index in [1.165, 1.54) is 88.1 Å². The van der Waals surface area contributed by atoms with Gasteiger partial charge in [-0.15, -0.1) is 0 Å². The van der Waals surface area contributed by atoms with Gasteiger partial charge < -0.3 is 9.13 Å². The Morgan fingerprint density at radius 3 is 1.21 bits per heavy atom. The summed E-state index contributed by atoms with van der Waals surface area (Å²) in [6.45, 7) is 0. The average Bonchev–Trinajstić information content (AvgIpc) is 3.79. The third-order valence-electron chi connectivity index (χ3n) is 11.3. The fourth-order valence-corrected chi connectivity index (χ4v) is 8.63. The molecule has 0 bridgehead atoms. The van der Waals surface area contributed by atoms with Crippen molar-refractivity contribution in [3.63, 3.8) is 0 Å². The summed E-state index contributed by atoms with van der Waals surface area (Å²) in [6.07, 6.45) is 0. The van der Waals surface area contributed by atoms with Crippen LogP contribution < -0.4 is 0 Å². The molecule has 0 N–H and O–H groups in total. The van der Waals surface area contributed by atoms with Crippen molar-refractivity contribution in [1.82, 2.24) is 9.13 Å². The first-order valence-electron chi connectivity index (χ1n) is 19.3. The predicted molar refractivity (Wildman–Crippen MR) is 237 cm³/mol. The van der Waals surface area contributed by atoms with E-state index in [2.05, 4.69) is 228 Å². The third kappa shape index (κ3) is 5.34. The molecule has 2 heterocycles. The molecule has 0 amide bonds. The number of para-hydroxylation sites is 2. The van der Waals surface area contributed by atoms with Crippen LogP contribution in [0.25, 0.3) is 99.5 Å². The minimum atomic E-state index is 1.15. The van der Waals surface area contributed by atoms with E-state index in [0.717, 1.165) is 11.4 Å². The molecule has 0 fully saturated rings. The number of aromatic nitrogens is 2. The molecule has 9 aromatic carbocycles. The molecule has 2 aromatic heterocycles. The summed E-state index contributed by atoms with van der Waals surface area (Å²) in [5, 5.41) is 4.99. The first-order chi connectivity index (χ1) is 27.8. The van der Waals surface area contributed by atoms with Crippen LogP contribution in [-0.2, 0) is 0 Å². The Labute approximate surface area is 325 Å². The minimum Gasteiger partial charge on any atom is -0.309 e. The number of rotatable bonds is 6. The van der Waals surface area contributed by atoms with E-state index in [4.69, 9.17) is 0 Å². The van der Waals surface area contributed by atoms with E-state index in [1.54, 1.807) is 0 Å². The van der Waals surface area contributed by atoms with Gasteiger partial charge in [0.05, 0.1) is 22.1 Å². The Bertz CT molecular complexity index is 3150. The highest BCUT2D eigenvalue weighted by Crippen LogP contribution is 2.40. The van der Waals surface area contributed by atoms with Gasteiger partial charge in [0.15, 0.2) is 0 Å². The van der Waals surface area contributed by atoms with Gasteiger partial charge in [-0.3, -0.25) is 0 Å². The normalized spacial score (nSPS) is 11.6. The zero-order valence-corrected chi connectivity index (χ0v) is 30.7.